The maximum absolute atomic E-state index is 10.9. The van der Waals surface area contributed by atoms with E-state index in [2.05, 4.69) is 12.2 Å². The molecule has 1 fully saturated rings. The number of hydrogen-bond donors (Lipinski definition) is 2. The molecule has 0 aliphatic heterocycles. The molecule has 1 aliphatic rings. The van der Waals surface area contributed by atoms with Crippen LogP contribution >= 0.6 is 0 Å². The Morgan fingerprint density at radius 3 is 2.33 bits per heavy atom. The molecule has 0 radical (unpaired) electrons. The fourth-order valence-electron chi connectivity index (χ4n) is 2.25. The highest BCUT2D eigenvalue weighted by Crippen LogP contribution is 2.27. The van der Waals surface area contributed by atoms with E-state index in [0.29, 0.717) is 0 Å². The number of hydrogen-bond acceptors (Lipinski definition) is 2. The van der Waals surface area contributed by atoms with Crippen LogP contribution < -0.4 is 5.32 Å². The molecule has 0 aromatic rings. The molecule has 0 atom stereocenters. The van der Waals surface area contributed by atoms with Crippen molar-refractivity contribution in [1.29, 1.82) is 0 Å². The summed E-state index contributed by atoms with van der Waals surface area (Å²) in [7, 11) is 0. The lowest BCUT2D eigenvalue weighted by atomic mass is 9.83. The van der Waals surface area contributed by atoms with Crippen LogP contribution in [0.3, 0.4) is 0 Å². The maximum atomic E-state index is 10.9. The second-order valence-corrected chi connectivity index (χ2v) is 4.28. The molecule has 0 unspecified atom stereocenters. The Hall–Kier alpha value is -1.06. The van der Waals surface area contributed by atoms with Gasteiger partial charge < -0.3 is 10.4 Å². The number of carbonyl (C=O) groups excluding carboxylic acids is 1. The lowest BCUT2D eigenvalue weighted by molar-refractivity contribution is -0.150. The molecule has 0 saturated heterocycles. The molecule has 2 N–H and O–H groups in total. The Morgan fingerprint density at radius 2 is 1.87 bits per heavy atom. The first-order chi connectivity index (χ1) is 7.13. The molecular formula is C11H19NO3. The minimum atomic E-state index is -1.38. The number of nitrogens with one attached hydrogen (secondary N) is 1. The average Bonchev–Trinajstić information content (AvgIpc) is 2.21. The van der Waals surface area contributed by atoms with E-state index in [-0.39, 0.29) is 6.04 Å². The highest BCUT2D eigenvalue weighted by molar-refractivity contribution is 6.31. The molecule has 0 aromatic carbocycles. The van der Waals surface area contributed by atoms with Gasteiger partial charge in [-0.3, -0.25) is 4.79 Å². The van der Waals surface area contributed by atoms with Crippen LogP contribution in [0.1, 0.15) is 45.4 Å². The number of amides is 1. The second-order valence-electron chi connectivity index (χ2n) is 4.28. The van der Waals surface area contributed by atoms with Crippen LogP contribution in [0, 0.1) is 5.92 Å². The second kappa shape index (κ2) is 5.73. The molecule has 1 rings (SSSR count). The molecule has 0 spiro atoms. The molecule has 0 aromatic heterocycles. The van der Waals surface area contributed by atoms with E-state index >= 15 is 0 Å². The zero-order chi connectivity index (χ0) is 11.3. The zero-order valence-electron chi connectivity index (χ0n) is 9.16. The Bertz CT molecular complexity index is 232. The van der Waals surface area contributed by atoms with Crippen molar-refractivity contribution in [3.05, 3.63) is 0 Å². The largest absolute Gasteiger partial charge is 0.474 e. The van der Waals surface area contributed by atoms with Crippen LogP contribution in [-0.4, -0.2) is 23.0 Å². The smallest absolute Gasteiger partial charge is 0.394 e. The SMILES string of the molecule is CCCC1CCC(NC(=O)C(=O)O)CC1. The number of carboxylic acid groups (broad SMARTS) is 1. The first kappa shape index (κ1) is 12.0. The molecule has 4 heteroatoms. The summed E-state index contributed by atoms with van der Waals surface area (Å²) in [6.45, 7) is 2.18. The third-order valence-electron chi connectivity index (χ3n) is 3.07. The predicted molar refractivity (Wildman–Crippen MR) is 56.4 cm³/mol. The fourth-order valence-corrected chi connectivity index (χ4v) is 2.25. The first-order valence-corrected chi connectivity index (χ1v) is 5.67. The van der Waals surface area contributed by atoms with Gasteiger partial charge in [-0.2, -0.15) is 0 Å². The van der Waals surface area contributed by atoms with E-state index in [9.17, 15) is 9.59 Å². The molecule has 4 nitrogen and oxygen atoms in total. The van der Waals surface area contributed by atoms with Gasteiger partial charge in [0.1, 0.15) is 0 Å². The van der Waals surface area contributed by atoms with Gasteiger partial charge in [-0.05, 0) is 31.6 Å². The molecule has 0 heterocycles. The topological polar surface area (TPSA) is 66.4 Å². The number of aliphatic carboxylic acids is 1. The van der Waals surface area contributed by atoms with Gasteiger partial charge in [0, 0.05) is 6.04 Å². The van der Waals surface area contributed by atoms with Crippen molar-refractivity contribution in [2.24, 2.45) is 5.92 Å². The fraction of sp³-hybridized carbons (Fsp3) is 0.818. The van der Waals surface area contributed by atoms with Gasteiger partial charge >= 0.3 is 11.9 Å². The van der Waals surface area contributed by atoms with Crippen LogP contribution in [-0.2, 0) is 9.59 Å². The van der Waals surface area contributed by atoms with E-state index in [1.54, 1.807) is 0 Å². The minimum absolute atomic E-state index is 0.0710. The van der Waals surface area contributed by atoms with Crippen LogP contribution in [0.4, 0.5) is 0 Å². The number of rotatable bonds is 3. The van der Waals surface area contributed by atoms with Crippen molar-refractivity contribution in [2.45, 2.75) is 51.5 Å². The summed E-state index contributed by atoms with van der Waals surface area (Å²) in [6.07, 6.45) is 6.51. The molecule has 1 amide bonds. The van der Waals surface area contributed by atoms with Crippen molar-refractivity contribution >= 4 is 11.9 Å². The van der Waals surface area contributed by atoms with Gasteiger partial charge in [0.25, 0.3) is 0 Å². The summed E-state index contributed by atoms with van der Waals surface area (Å²) in [5.41, 5.74) is 0. The lowest BCUT2D eigenvalue weighted by Gasteiger charge is -2.28. The summed E-state index contributed by atoms with van der Waals surface area (Å²) < 4.78 is 0. The summed E-state index contributed by atoms with van der Waals surface area (Å²) in [6, 6.07) is 0.0710. The normalized spacial score (nSPS) is 25.9. The van der Waals surface area contributed by atoms with E-state index in [4.69, 9.17) is 5.11 Å². The van der Waals surface area contributed by atoms with E-state index in [0.717, 1.165) is 31.6 Å². The third-order valence-corrected chi connectivity index (χ3v) is 3.07. The van der Waals surface area contributed by atoms with Gasteiger partial charge in [0.15, 0.2) is 0 Å². The van der Waals surface area contributed by atoms with Crippen molar-refractivity contribution in [1.82, 2.24) is 5.32 Å². The van der Waals surface area contributed by atoms with Crippen molar-refractivity contribution in [3.63, 3.8) is 0 Å². The van der Waals surface area contributed by atoms with E-state index < -0.39 is 11.9 Å². The number of carboxylic acids is 1. The molecule has 15 heavy (non-hydrogen) atoms. The lowest BCUT2D eigenvalue weighted by Crippen LogP contribution is -2.41. The van der Waals surface area contributed by atoms with Gasteiger partial charge in [-0.25, -0.2) is 4.79 Å². The Kier molecular flexibility index (Phi) is 4.59. The van der Waals surface area contributed by atoms with Crippen LogP contribution in [0.25, 0.3) is 0 Å². The summed E-state index contributed by atoms with van der Waals surface area (Å²) in [5.74, 6) is -1.48. The Labute approximate surface area is 90.0 Å². The third kappa shape index (κ3) is 3.90. The highest BCUT2D eigenvalue weighted by Gasteiger charge is 2.23. The van der Waals surface area contributed by atoms with Gasteiger partial charge in [-0.15, -0.1) is 0 Å². The Balaban J connectivity index is 2.25. The van der Waals surface area contributed by atoms with Crippen molar-refractivity contribution in [3.8, 4) is 0 Å². The molecule has 1 saturated carbocycles. The standard InChI is InChI=1S/C11H19NO3/c1-2-3-8-4-6-9(7-5-8)12-10(13)11(14)15/h8-9H,2-7H2,1H3,(H,12,13)(H,14,15). The Morgan fingerprint density at radius 1 is 1.27 bits per heavy atom. The molecular weight excluding hydrogens is 194 g/mol. The summed E-state index contributed by atoms with van der Waals surface area (Å²) in [4.78, 5) is 21.2. The monoisotopic (exact) mass is 213 g/mol. The maximum Gasteiger partial charge on any atom is 0.394 e. The first-order valence-electron chi connectivity index (χ1n) is 5.67. The quantitative estimate of drug-likeness (QED) is 0.699. The predicted octanol–water partition coefficient (Wildman–Crippen LogP) is 1.55. The zero-order valence-corrected chi connectivity index (χ0v) is 9.16. The highest BCUT2D eigenvalue weighted by atomic mass is 16.4. The average molecular weight is 213 g/mol. The summed E-state index contributed by atoms with van der Waals surface area (Å²) >= 11 is 0. The molecule has 86 valence electrons. The van der Waals surface area contributed by atoms with Crippen molar-refractivity contribution < 1.29 is 14.7 Å². The molecule has 0 bridgehead atoms. The molecule has 1 aliphatic carbocycles. The van der Waals surface area contributed by atoms with Gasteiger partial charge in [-0.1, -0.05) is 19.8 Å². The van der Waals surface area contributed by atoms with Gasteiger partial charge in [0.2, 0.25) is 0 Å². The van der Waals surface area contributed by atoms with E-state index in [1.807, 2.05) is 0 Å². The van der Waals surface area contributed by atoms with Crippen molar-refractivity contribution in [2.75, 3.05) is 0 Å². The van der Waals surface area contributed by atoms with Gasteiger partial charge in [0.05, 0.1) is 0 Å². The number of carbonyl (C=O) groups is 2. The minimum Gasteiger partial charge on any atom is -0.474 e. The van der Waals surface area contributed by atoms with Crippen LogP contribution in [0.5, 0.6) is 0 Å². The van der Waals surface area contributed by atoms with E-state index in [1.165, 1.54) is 12.8 Å². The summed E-state index contributed by atoms with van der Waals surface area (Å²) in [5, 5.41) is 11.0. The van der Waals surface area contributed by atoms with Crippen LogP contribution in [0.15, 0.2) is 0 Å². The van der Waals surface area contributed by atoms with Crippen LogP contribution in [0.2, 0.25) is 0 Å².